The maximum absolute atomic E-state index is 6.53. The Bertz CT molecular complexity index is 1400. The molecule has 5 aromatic rings. The van der Waals surface area contributed by atoms with Gasteiger partial charge in [0.25, 0.3) is 0 Å². The number of hydrogen-bond donors (Lipinski definition) is 0. The number of ether oxygens (including phenoxy) is 2. The predicted molar refractivity (Wildman–Crippen MR) is 145 cm³/mol. The monoisotopic (exact) mass is 494 g/mol. The van der Waals surface area contributed by atoms with E-state index in [-0.39, 0.29) is 0 Å². The Morgan fingerprint density at radius 2 is 1.12 bits per heavy atom. The molecule has 34 heavy (non-hydrogen) atoms. The molecule has 0 saturated carbocycles. The van der Waals surface area contributed by atoms with Crippen molar-refractivity contribution >= 4 is 63.8 Å². The van der Waals surface area contributed by atoms with Crippen LogP contribution in [0.1, 0.15) is 50.7 Å². The molecular weight excluding hydrogens is 464 g/mol. The normalized spacial score (nSPS) is 11.6. The summed E-state index contributed by atoms with van der Waals surface area (Å²) in [5.74, 6) is 1.78. The van der Waals surface area contributed by atoms with Crippen LogP contribution in [0.4, 0.5) is 0 Å². The zero-order valence-corrected chi connectivity index (χ0v) is 21.8. The van der Waals surface area contributed by atoms with Crippen LogP contribution in [-0.4, -0.2) is 14.2 Å². The molecule has 0 aliphatic rings. The van der Waals surface area contributed by atoms with Crippen molar-refractivity contribution in [1.29, 1.82) is 0 Å². The Morgan fingerprint density at radius 1 is 0.647 bits per heavy atom. The van der Waals surface area contributed by atoms with Crippen molar-refractivity contribution in [2.45, 2.75) is 52.4 Å². The lowest BCUT2D eigenvalue weighted by molar-refractivity contribution is 0.408. The van der Waals surface area contributed by atoms with Gasteiger partial charge in [-0.25, -0.2) is 0 Å². The first-order valence-corrected chi connectivity index (χ1v) is 13.6. The van der Waals surface area contributed by atoms with Crippen molar-refractivity contribution in [3.05, 3.63) is 47.5 Å². The van der Waals surface area contributed by atoms with E-state index in [0.717, 1.165) is 102 Å². The van der Waals surface area contributed by atoms with E-state index in [0.29, 0.717) is 0 Å². The van der Waals surface area contributed by atoms with Crippen LogP contribution in [0.2, 0.25) is 0 Å². The number of hydrogen-bond acceptors (Lipinski definition) is 6. The van der Waals surface area contributed by atoms with E-state index >= 15 is 0 Å². The van der Waals surface area contributed by atoms with Gasteiger partial charge < -0.3 is 18.3 Å². The van der Waals surface area contributed by atoms with Gasteiger partial charge in [0.2, 0.25) is 0 Å². The number of fused-ring (bicyclic) bond motifs is 4. The van der Waals surface area contributed by atoms with Gasteiger partial charge in [0.15, 0.2) is 11.2 Å². The molecule has 0 amide bonds. The van der Waals surface area contributed by atoms with Gasteiger partial charge in [-0.3, -0.25) is 0 Å². The molecule has 0 bridgehead atoms. The van der Waals surface area contributed by atoms with E-state index in [1.165, 1.54) is 0 Å². The summed E-state index contributed by atoms with van der Waals surface area (Å²) in [6.07, 6.45) is 6.30. The molecule has 178 valence electrons. The highest BCUT2D eigenvalue weighted by Crippen LogP contribution is 2.40. The number of benzene rings is 3. The van der Waals surface area contributed by atoms with E-state index in [2.05, 4.69) is 44.2 Å². The van der Waals surface area contributed by atoms with Gasteiger partial charge in [-0.1, -0.05) is 26.7 Å². The highest BCUT2D eigenvalue weighted by molar-refractivity contribution is 7.26. The van der Waals surface area contributed by atoms with Crippen LogP contribution < -0.4 is 9.47 Å². The van der Waals surface area contributed by atoms with Crippen molar-refractivity contribution in [2.75, 3.05) is 14.2 Å². The maximum Gasteiger partial charge on any atom is 0.151 e. The molecule has 4 nitrogen and oxygen atoms in total. The lowest BCUT2D eigenvalue weighted by Gasteiger charge is -2.13. The summed E-state index contributed by atoms with van der Waals surface area (Å²) in [5.41, 5.74) is 5.79. The third-order valence-electron chi connectivity index (χ3n) is 6.24. The molecule has 2 heterocycles. The minimum atomic E-state index is 0.837. The fraction of sp³-hybridized carbons (Fsp3) is 0.357. The summed E-state index contributed by atoms with van der Waals surface area (Å²) in [6, 6.07) is 12.6. The zero-order valence-electron chi connectivity index (χ0n) is 20.2. The number of unbranched alkanes of at least 4 members (excludes halogenated alkanes) is 2. The van der Waals surface area contributed by atoms with Crippen LogP contribution in [0.3, 0.4) is 0 Å². The van der Waals surface area contributed by atoms with Gasteiger partial charge in [0.1, 0.15) is 22.7 Å². The molecule has 0 aliphatic heterocycles. The predicted octanol–water partition coefficient (Wildman–Crippen LogP) is 9.44. The molecule has 0 fully saturated rings. The molecule has 5 rings (SSSR count). The maximum atomic E-state index is 6.53. The van der Waals surface area contributed by atoms with Gasteiger partial charge in [-0.15, -0.1) is 22.7 Å². The molecule has 0 aliphatic carbocycles. The van der Waals surface area contributed by atoms with Gasteiger partial charge in [-0.05, 0) is 56.0 Å². The molecule has 0 spiro atoms. The lowest BCUT2D eigenvalue weighted by atomic mass is 10.1. The zero-order chi connectivity index (χ0) is 23.7. The molecular formula is C28H30O4S2. The van der Waals surface area contributed by atoms with Crippen LogP contribution in [0.5, 0.6) is 11.5 Å². The van der Waals surface area contributed by atoms with Gasteiger partial charge >= 0.3 is 0 Å². The van der Waals surface area contributed by atoms with E-state index in [9.17, 15) is 0 Å². The lowest BCUT2D eigenvalue weighted by Crippen LogP contribution is -1.94. The Morgan fingerprint density at radius 3 is 1.53 bits per heavy atom. The third-order valence-corrected chi connectivity index (χ3v) is 8.40. The molecule has 0 unspecified atom stereocenters. The molecule has 0 atom stereocenters. The Kier molecular flexibility index (Phi) is 6.70. The summed E-state index contributed by atoms with van der Waals surface area (Å²) in [7, 11) is 3.45. The van der Waals surface area contributed by atoms with Gasteiger partial charge in [0, 0.05) is 17.2 Å². The summed E-state index contributed by atoms with van der Waals surface area (Å²) in [4.78, 5) is 0. The van der Waals surface area contributed by atoms with Crippen molar-refractivity contribution in [3.63, 3.8) is 0 Å². The first-order valence-electron chi connectivity index (χ1n) is 12.0. The largest absolute Gasteiger partial charge is 0.496 e. The topological polar surface area (TPSA) is 44.7 Å². The average molecular weight is 495 g/mol. The first-order chi connectivity index (χ1) is 16.7. The van der Waals surface area contributed by atoms with Crippen LogP contribution in [0.25, 0.3) is 41.1 Å². The fourth-order valence-corrected chi connectivity index (χ4v) is 6.51. The van der Waals surface area contributed by atoms with Crippen LogP contribution in [0, 0.1) is 0 Å². The summed E-state index contributed by atoms with van der Waals surface area (Å²) in [5, 5.41) is 0. The molecule has 6 heteroatoms. The highest BCUT2D eigenvalue weighted by atomic mass is 32.1. The van der Waals surface area contributed by atoms with Crippen LogP contribution >= 0.6 is 22.7 Å². The standard InChI is InChI=1S/C28H30O4S2/c1-5-7-9-17-19(29-3)11-13-23-27(17)31-21-15-22-26(16-25(21)33-23)34-24-14-12-20(30-4)18(10-8-6-2)28(24)32-22/h11-16H,5-10H2,1-4H3. The number of rotatable bonds is 8. The van der Waals surface area contributed by atoms with Crippen LogP contribution in [0.15, 0.2) is 45.2 Å². The van der Waals surface area contributed by atoms with Crippen molar-refractivity contribution in [2.24, 2.45) is 0 Å². The minimum absolute atomic E-state index is 0.837. The van der Waals surface area contributed by atoms with Crippen molar-refractivity contribution < 1.29 is 18.3 Å². The number of aryl methyl sites for hydroxylation is 2. The average Bonchev–Trinajstić information content (AvgIpc) is 2.86. The second kappa shape index (κ2) is 9.88. The third kappa shape index (κ3) is 4.14. The molecule has 0 saturated heterocycles. The molecule has 3 aromatic carbocycles. The van der Waals surface area contributed by atoms with Gasteiger partial charge in [-0.2, -0.15) is 0 Å². The second-order valence-corrected chi connectivity index (χ2v) is 10.7. The summed E-state index contributed by atoms with van der Waals surface area (Å²) < 4.78 is 28.9. The minimum Gasteiger partial charge on any atom is -0.496 e. The van der Waals surface area contributed by atoms with E-state index in [1.807, 2.05) is 6.07 Å². The molecule has 0 N–H and O–H groups in total. The fourth-order valence-electron chi connectivity index (χ4n) is 4.42. The smallest absolute Gasteiger partial charge is 0.151 e. The van der Waals surface area contributed by atoms with E-state index in [4.69, 9.17) is 18.3 Å². The first kappa shape index (κ1) is 23.1. The quantitative estimate of drug-likeness (QED) is 0.202. The van der Waals surface area contributed by atoms with Gasteiger partial charge in [0.05, 0.1) is 33.0 Å². The summed E-state index contributed by atoms with van der Waals surface area (Å²) in [6.45, 7) is 4.41. The molecule has 2 aromatic heterocycles. The van der Waals surface area contributed by atoms with Crippen LogP contribution in [-0.2, 0) is 12.8 Å². The SMILES string of the molecule is CCCCc1c(OC)ccc2sc3cc4sc5ccc(OC)c(CCCC)c5oc4cc3oc12. The van der Waals surface area contributed by atoms with E-state index in [1.54, 1.807) is 36.9 Å². The second-order valence-electron chi connectivity index (χ2n) is 8.51. The van der Waals surface area contributed by atoms with Crippen molar-refractivity contribution in [1.82, 2.24) is 0 Å². The molecule has 0 radical (unpaired) electrons. The highest BCUT2D eigenvalue weighted by Gasteiger charge is 2.16. The Hall–Kier alpha value is -2.70. The Labute approximate surface area is 207 Å². The van der Waals surface area contributed by atoms with E-state index < -0.39 is 0 Å². The summed E-state index contributed by atoms with van der Waals surface area (Å²) >= 11 is 3.51. The number of methoxy groups -OCH3 is 2. The Balaban J connectivity index is 1.75. The van der Waals surface area contributed by atoms with Crippen molar-refractivity contribution in [3.8, 4) is 11.5 Å².